The van der Waals surface area contributed by atoms with E-state index in [1.54, 1.807) is 0 Å². The van der Waals surface area contributed by atoms with Crippen LogP contribution in [0.3, 0.4) is 0 Å². The Morgan fingerprint density at radius 3 is 2.05 bits per heavy atom. The molecule has 0 amide bonds. The summed E-state index contributed by atoms with van der Waals surface area (Å²) in [6.07, 6.45) is 0. The molecule has 0 N–H and O–H groups in total. The fourth-order valence-electron chi connectivity index (χ4n) is 2.81. The molecular weight excluding hydrogens is 288 g/mol. The Bertz CT molecular complexity index is 627. The van der Waals surface area contributed by atoms with E-state index in [1.807, 2.05) is 18.2 Å². The number of rotatable bonds is 3. The van der Waals surface area contributed by atoms with Crippen LogP contribution >= 0.6 is 0 Å². The number of carbonyl (C=O) groups is 1. The van der Waals surface area contributed by atoms with Gasteiger partial charge in [-0.2, -0.15) is 0 Å². The lowest BCUT2D eigenvalue weighted by atomic mass is 10.0. The number of benzene rings is 1. The number of hydrogen-bond acceptors (Lipinski definition) is 1. The topological polar surface area (TPSA) is 17.1 Å². The molecule has 0 fully saturated rings. The van der Waals surface area contributed by atoms with Gasteiger partial charge in [-0.05, 0) is 11.1 Å². The van der Waals surface area contributed by atoms with E-state index in [4.69, 9.17) is 0 Å². The van der Waals surface area contributed by atoms with Crippen molar-refractivity contribution in [3.05, 3.63) is 52.9 Å². The summed E-state index contributed by atoms with van der Waals surface area (Å²) in [5.74, 6) is 0.142. The largest absolute Gasteiger partial charge is 0.293 e. The van der Waals surface area contributed by atoms with Crippen molar-refractivity contribution >= 4 is 27.5 Å². The normalized spacial score (nSPS) is 20.8. The first-order valence-electron chi connectivity index (χ1n) is 7.58. The zero-order valence-electron chi connectivity index (χ0n) is 14.1. The van der Waals surface area contributed by atoms with Crippen molar-refractivity contribution in [2.75, 3.05) is 0 Å². The number of Topliss-reactive ketones (excluding diaryl/α,β-unsaturated/α-hetero) is 1. The third-order valence-electron chi connectivity index (χ3n) is 3.98. The molecule has 0 spiro atoms. The molecule has 112 valence electrons. The van der Waals surface area contributed by atoms with Gasteiger partial charge in [0.05, 0.1) is 22.1 Å². The monoisotopic (exact) mass is 314 g/mol. The van der Waals surface area contributed by atoms with Crippen LogP contribution in [0.1, 0.15) is 15.9 Å². The smallest absolute Gasteiger partial charge is 0.174 e. The van der Waals surface area contributed by atoms with E-state index in [2.05, 4.69) is 57.6 Å². The number of ketones is 1. The second-order valence-corrected chi connectivity index (χ2v) is 18.2. The van der Waals surface area contributed by atoms with Crippen LogP contribution in [0, 0.1) is 5.92 Å². The molecule has 0 aromatic heterocycles. The van der Waals surface area contributed by atoms with Gasteiger partial charge in [-0.3, -0.25) is 4.79 Å². The molecule has 1 unspecified atom stereocenters. The summed E-state index contributed by atoms with van der Waals surface area (Å²) < 4.78 is 0. The van der Waals surface area contributed by atoms with Crippen molar-refractivity contribution in [2.24, 2.45) is 5.92 Å². The van der Waals surface area contributed by atoms with Crippen LogP contribution in [0.2, 0.25) is 39.3 Å². The molecule has 0 radical (unpaired) electrons. The summed E-state index contributed by atoms with van der Waals surface area (Å²) in [7, 11) is -2.97. The van der Waals surface area contributed by atoms with Gasteiger partial charge < -0.3 is 0 Å². The van der Waals surface area contributed by atoms with Gasteiger partial charge in [-0.25, -0.2) is 0 Å². The third-order valence-corrected chi connectivity index (χ3v) is 7.37. The Morgan fingerprint density at radius 2 is 1.57 bits per heavy atom. The molecule has 1 aliphatic rings. The average Bonchev–Trinajstić information content (AvgIpc) is 2.59. The first-order valence-corrected chi connectivity index (χ1v) is 14.7. The SMILES string of the molecule is C=C(C1C(=O)c2ccccc2/C1=C\[Si](C)(C)C)[Si](C)(C)C. The van der Waals surface area contributed by atoms with E-state index in [9.17, 15) is 4.79 Å². The summed E-state index contributed by atoms with van der Waals surface area (Å²) in [6.45, 7) is 18.1. The number of fused-ring (bicyclic) bond motifs is 1. The van der Waals surface area contributed by atoms with Gasteiger partial charge in [0.2, 0.25) is 0 Å². The average molecular weight is 315 g/mol. The second kappa shape index (κ2) is 5.22. The zero-order valence-corrected chi connectivity index (χ0v) is 16.1. The van der Waals surface area contributed by atoms with Gasteiger partial charge >= 0.3 is 0 Å². The van der Waals surface area contributed by atoms with Crippen LogP contribution in [0.25, 0.3) is 5.57 Å². The van der Waals surface area contributed by atoms with Crippen LogP contribution in [0.15, 0.2) is 41.7 Å². The van der Waals surface area contributed by atoms with Crippen molar-refractivity contribution in [1.29, 1.82) is 0 Å². The highest BCUT2D eigenvalue weighted by molar-refractivity contribution is 6.84. The Balaban J connectivity index is 2.63. The number of carbonyl (C=O) groups excluding carboxylic acids is 1. The van der Waals surface area contributed by atoms with E-state index < -0.39 is 16.1 Å². The highest BCUT2D eigenvalue weighted by Crippen LogP contribution is 2.43. The molecule has 0 heterocycles. The third kappa shape index (κ3) is 3.19. The summed E-state index contributed by atoms with van der Waals surface area (Å²) in [4.78, 5) is 12.9. The maximum atomic E-state index is 12.9. The molecule has 2 rings (SSSR count). The van der Waals surface area contributed by atoms with Gasteiger partial charge in [0, 0.05) is 5.56 Å². The minimum Gasteiger partial charge on any atom is -0.293 e. The molecule has 1 aromatic carbocycles. The van der Waals surface area contributed by atoms with Crippen molar-refractivity contribution in [2.45, 2.75) is 39.3 Å². The molecule has 0 saturated heterocycles. The van der Waals surface area contributed by atoms with E-state index in [0.717, 1.165) is 16.3 Å². The molecule has 0 bridgehead atoms. The lowest BCUT2D eigenvalue weighted by molar-refractivity contribution is 0.0974. The molecule has 0 aliphatic heterocycles. The Morgan fingerprint density at radius 1 is 1.05 bits per heavy atom. The Labute approximate surface area is 130 Å². The molecule has 1 atom stereocenters. The van der Waals surface area contributed by atoms with Crippen LogP contribution < -0.4 is 0 Å². The first kappa shape index (κ1) is 16.2. The number of allylic oxidation sites excluding steroid dienone is 2. The summed E-state index contributed by atoms with van der Waals surface area (Å²) in [5.41, 5.74) is 5.63. The van der Waals surface area contributed by atoms with Crippen molar-refractivity contribution in [1.82, 2.24) is 0 Å². The van der Waals surface area contributed by atoms with Crippen molar-refractivity contribution in [3.63, 3.8) is 0 Å². The second-order valence-electron chi connectivity index (χ2n) is 8.08. The zero-order chi connectivity index (χ0) is 16.0. The molecule has 21 heavy (non-hydrogen) atoms. The molecule has 1 aromatic rings. The Kier molecular flexibility index (Phi) is 4.02. The molecule has 1 nitrogen and oxygen atoms in total. The van der Waals surface area contributed by atoms with Gasteiger partial charge in [-0.15, -0.1) is 6.58 Å². The van der Waals surface area contributed by atoms with E-state index in [1.165, 1.54) is 5.57 Å². The van der Waals surface area contributed by atoms with Crippen LogP contribution in [-0.4, -0.2) is 21.9 Å². The minimum atomic E-state index is -1.56. The standard InChI is InChI=1S/C18H26OSi2/c1-13(21(5,6)7)17-16(12-20(2,3)4)14-10-8-9-11-15(14)18(17)19/h8-12,17H,1H2,2-7H3/b16-12+. The maximum absolute atomic E-state index is 12.9. The van der Waals surface area contributed by atoms with Crippen LogP contribution in [0.4, 0.5) is 0 Å². The summed E-state index contributed by atoms with van der Waals surface area (Å²) >= 11 is 0. The van der Waals surface area contributed by atoms with E-state index in [-0.39, 0.29) is 11.7 Å². The fraction of sp³-hybridized carbons (Fsp3) is 0.389. The van der Waals surface area contributed by atoms with E-state index in [0.29, 0.717) is 0 Å². The quantitative estimate of drug-likeness (QED) is 0.701. The molecular formula is C18H26OSi2. The van der Waals surface area contributed by atoms with E-state index >= 15 is 0 Å². The predicted molar refractivity (Wildman–Crippen MR) is 98.1 cm³/mol. The van der Waals surface area contributed by atoms with Gasteiger partial charge in [0.1, 0.15) is 0 Å². The number of hydrogen-bond donors (Lipinski definition) is 0. The maximum Gasteiger partial charge on any atom is 0.174 e. The van der Waals surface area contributed by atoms with Gasteiger partial charge in [-0.1, -0.05) is 74.4 Å². The first-order chi connectivity index (χ1) is 9.52. The van der Waals surface area contributed by atoms with Crippen molar-refractivity contribution in [3.8, 4) is 0 Å². The minimum absolute atomic E-state index is 0.110. The highest BCUT2D eigenvalue weighted by atomic mass is 28.3. The summed E-state index contributed by atoms with van der Waals surface area (Å²) in [6, 6.07) is 8.05. The van der Waals surface area contributed by atoms with Crippen molar-refractivity contribution < 1.29 is 4.79 Å². The van der Waals surface area contributed by atoms with Gasteiger partial charge in [0.25, 0.3) is 0 Å². The highest BCUT2D eigenvalue weighted by Gasteiger charge is 2.40. The lowest BCUT2D eigenvalue weighted by Gasteiger charge is -2.26. The fourth-order valence-corrected chi connectivity index (χ4v) is 5.22. The van der Waals surface area contributed by atoms with Gasteiger partial charge in [0.15, 0.2) is 5.78 Å². The summed E-state index contributed by atoms with van der Waals surface area (Å²) in [5, 5.41) is 1.16. The van der Waals surface area contributed by atoms with Crippen LogP contribution in [-0.2, 0) is 0 Å². The Hall–Kier alpha value is -1.20. The molecule has 3 heteroatoms. The van der Waals surface area contributed by atoms with Crippen LogP contribution in [0.5, 0.6) is 0 Å². The molecule has 0 saturated carbocycles. The lowest BCUT2D eigenvalue weighted by Crippen LogP contribution is -2.31. The predicted octanol–water partition coefficient (Wildman–Crippen LogP) is 5.19. The molecule has 1 aliphatic carbocycles.